The van der Waals surface area contributed by atoms with Crippen molar-refractivity contribution in [2.24, 2.45) is 10.8 Å². The maximum Gasteiger partial charge on any atom is 0.348 e. The number of cyclic esters (lactones) is 1. The van der Waals surface area contributed by atoms with Crippen LogP contribution in [0.2, 0.25) is 0 Å². The van der Waals surface area contributed by atoms with Crippen LogP contribution in [0, 0.1) is 10.8 Å². The molecule has 1 aliphatic carbocycles. The predicted molar refractivity (Wildman–Crippen MR) is 263 cm³/mol. The SMILES string of the molecule is CCCCCC1(CCCCC)O[C@@H]2[C@H](O1)[C@H]1ON(Cc3ccc(C=CC(=O)O[C@H]4C(=O)OCC4(C)C)cc3)[C@@H]3C(=O)O[C@@H]2C[C@]13C(=O)N(C)[C@H](Cc1ccccc1)C(=O)N[C@H](CO)CCC(=O)OC(C)(C)C. The van der Waals surface area contributed by atoms with Crippen LogP contribution >= 0.6 is 0 Å². The number of carbonyl (C=O) groups is 6. The number of nitrogens with zero attached hydrogens (tertiary/aromatic N) is 2. The maximum absolute atomic E-state index is 15.9. The van der Waals surface area contributed by atoms with Crippen LogP contribution in [-0.4, -0.2) is 131 Å². The highest BCUT2D eigenvalue weighted by atomic mass is 16.8. The molecule has 5 fully saturated rings. The van der Waals surface area contributed by atoms with Crippen molar-refractivity contribution in [3.63, 3.8) is 0 Å². The molecule has 7 rings (SSSR count). The van der Waals surface area contributed by atoms with Crippen LogP contribution in [0.4, 0.5) is 0 Å². The van der Waals surface area contributed by atoms with E-state index in [9.17, 15) is 29.1 Å². The number of hydrogen-bond donors (Lipinski definition) is 2. The van der Waals surface area contributed by atoms with Crippen LogP contribution in [0.25, 0.3) is 6.08 Å². The molecule has 2 aromatic rings. The first-order chi connectivity index (χ1) is 34.2. The largest absolute Gasteiger partial charge is 0.462 e. The number of carbonyl (C=O) groups excluding carboxylic acids is 6. The summed E-state index contributed by atoms with van der Waals surface area (Å²) in [5.74, 6) is -4.46. The number of benzene rings is 2. The Morgan fingerprint density at radius 1 is 0.917 bits per heavy atom. The molecule has 4 saturated heterocycles. The molecule has 2 aromatic carbocycles. The number of unbranched alkanes of at least 4 members (excludes halogenated alkanes) is 4. The Balaban J connectivity index is 1.19. The first-order valence-corrected chi connectivity index (χ1v) is 25.8. The molecule has 17 nitrogen and oxygen atoms in total. The van der Waals surface area contributed by atoms with Crippen LogP contribution in [0.1, 0.15) is 136 Å². The standard InChI is InChI=1S/C55H75N3O14/c1-9-11-16-28-54(29-17-12-10-2)70-43-40-31-55(51(65)57(8)39(30-36-18-14-13-15-19-36)48(62)56-38(33-59)25-27-42(61)69-52(3,4)5)45(49(63)67-40)58(72-46(55)44(43)71-54)32-37-22-20-35(21-23-37)24-26-41(60)68-47-50(64)66-34-53(47,6)7/h13-15,18-24,26,38-40,43-47,59H,9-12,16-17,25,27-34H2,1-8H3,(H,56,62)/t38-,39+,40+,43-,44-,45+,46+,47-,55+/m0/s1. The third-order valence-corrected chi connectivity index (χ3v) is 14.5. The first kappa shape index (κ1) is 54.6. The summed E-state index contributed by atoms with van der Waals surface area (Å²) in [5.41, 5.74) is -0.828. The second-order valence-electron chi connectivity index (χ2n) is 21.8. The zero-order valence-electron chi connectivity index (χ0n) is 43.2. The van der Waals surface area contributed by atoms with Crippen molar-refractivity contribution in [3.05, 3.63) is 77.4 Å². The van der Waals surface area contributed by atoms with E-state index in [2.05, 4.69) is 19.2 Å². The minimum Gasteiger partial charge on any atom is -0.462 e. The molecule has 0 spiro atoms. The number of hydrogen-bond acceptors (Lipinski definition) is 15. The molecular formula is C55H75N3O14. The molecule has 1 saturated carbocycles. The summed E-state index contributed by atoms with van der Waals surface area (Å²) in [6.07, 6.45) is 5.39. The van der Waals surface area contributed by atoms with Crippen LogP contribution < -0.4 is 5.32 Å². The van der Waals surface area contributed by atoms with Crippen molar-refractivity contribution in [2.45, 2.75) is 192 Å². The van der Waals surface area contributed by atoms with Crippen LogP contribution in [-0.2, 0) is 75.0 Å². The third-order valence-electron chi connectivity index (χ3n) is 14.5. The fourth-order valence-electron chi connectivity index (χ4n) is 10.7. The summed E-state index contributed by atoms with van der Waals surface area (Å²) >= 11 is 0. The van der Waals surface area contributed by atoms with Crippen molar-refractivity contribution in [1.82, 2.24) is 15.3 Å². The Kier molecular flexibility index (Phi) is 17.4. The first-order valence-electron chi connectivity index (χ1n) is 25.8. The summed E-state index contributed by atoms with van der Waals surface area (Å²) in [6, 6.07) is 13.2. The quantitative estimate of drug-likeness (QED) is 0.0542. The fraction of sp³-hybridized carbons (Fsp3) is 0.636. The molecular weight excluding hydrogens is 927 g/mol. The molecule has 2 N–H and O–H groups in total. The van der Waals surface area contributed by atoms with Gasteiger partial charge in [0.25, 0.3) is 0 Å². The summed E-state index contributed by atoms with van der Waals surface area (Å²) in [5, 5.41) is 14.8. The lowest BCUT2D eigenvalue weighted by atomic mass is 9.62. The number of aliphatic hydroxyl groups is 1. The van der Waals surface area contributed by atoms with Gasteiger partial charge in [0.05, 0.1) is 19.2 Å². The van der Waals surface area contributed by atoms with E-state index in [1.807, 2.05) is 42.5 Å². The zero-order valence-corrected chi connectivity index (χ0v) is 43.2. The van der Waals surface area contributed by atoms with Gasteiger partial charge in [-0.1, -0.05) is 108 Å². The molecule has 17 heteroatoms. The number of likely N-dealkylation sites (N-methyl/N-ethyl adjacent to an activating group) is 1. The normalized spacial score (nSPS) is 26.8. The van der Waals surface area contributed by atoms with E-state index in [-0.39, 0.29) is 38.8 Å². The second kappa shape index (κ2) is 22.9. The van der Waals surface area contributed by atoms with Crippen LogP contribution in [0.3, 0.4) is 0 Å². The van der Waals surface area contributed by atoms with E-state index in [1.54, 1.807) is 59.9 Å². The van der Waals surface area contributed by atoms with Crippen molar-refractivity contribution >= 4 is 41.8 Å². The van der Waals surface area contributed by atoms with Gasteiger partial charge in [0, 0.05) is 50.6 Å². The minimum absolute atomic E-state index is 0.0443. The summed E-state index contributed by atoms with van der Waals surface area (Å²) in [7, 11) is 1.55. The number of aliphatic hydroxyl groups excluding tert-OH is 1. The third kappa shape index (κ3) is 12.2. The van der Waals surface area contributed by atoms with Gasteiger partial charge in [-0.15, -0.1) is 0 Å². The lowest BCUT2D eigenvalue weighted by molar-refractivity contribution is -0.225. The summed E-state index contributed by atoms with van der Waals surface area (Å²) < 4.78 is 36.4. The van der Waals surface area contributed by atoms with Gasteiger partial charge in [-0.3, -0.25) is 24.0 Å². The van der Waals surface area contributed by atoms with Gasteiger partial charge in [0.2, 0.25) is 17.9 Å². The number of nitrogens with one attached hydrogen (secondary N) is 1. The van der Waals surface area contributed by atoms with Crippen molar-refractivity contribution in [1.29, 1.82) is 0 Å². The van der Waals surface area contributed by atoms with Crippen LogP contribution in [0.15, 0.2) is 60.7 Å². The Morgan fingerprint density at radius 3 is 2.19 bits per heavy atom. The number of fused-ring (bicyclic) bond motifs is 4. The average molecular weight is 1000 g/mol. The van der Waals surface area contributed by atoms with Crippen LogP contribution in [0.5, 0.6) is 0 Å². The molecule has 5 aliphatic rings. The van der Waals surface area contributed by atoms with E-state index in [0.717, 1.165) is 44.1 Å². The molecule has 0 aromatic heterocycles. The van der Waals surface area contributed by atoms with Gasteiger partial charge < -0.3 is 43.7 Å². The van der Waals surface area contributed by atoms with E-state index >= 15 is 4.79 Å². The number of ether oxygens (including phenoxy) is 6. The Labute approximate surface area is 423 Å². The maximum atomic E-state index is 15.9. The highest BCUT2D eigenvalue weighted by Crippen LogP contribution is 2.58. The minimum atomic E-state index is -1.60. The Morgan fingerprint density at radius 2 is 1.58 bits per heavy atom. The molecule has 394 valence electrons. The Hall–Kier alpha value is -5.20. The van der Waals surface area contributed by atoms with Gasteiger partial charge in [-0.05, 0) is 62.8 Å². The summed E-state index contributed by atoms with van der Waals surface area (Å²) in [6.45, 7) is 12.9. The van der Waals surface area contributed by atoms with Crippen molar-refractivity contribution < 1.29 is 67.1 Å². The number of amides is 2. The monoisotopic (exact) mass is 1000 g/mol. The highest BCUT2D eigenvalue weighted by Gasteiger charge is 2.77. The van der Waals surface area contributed by atoms with E-state index < -0.39 is 113 Å². The highest BCUT2D eigenvalue weighted by molar-refractivity contribution is 5.96. The topological polar surface area (TPSA) is 206 Å². The smallest absolute Gasteiger partial charge is 0.348 e. The molecule has 0 unspecified atom stereocenters. The number of rotatable bonds is 23. The molecule has 2 bridgehead atoms. The predicted octanol–water partition coefficient (Wildman–Crippen LogP) is 6.30. The summed E-state index contributed by atoms with van der Waals surface area (Å²) in [4.78, 5) is 91.2. The van der Waals surface area contributed by atoms with Gasteiger partial charge in [-0.25, -0.2) is 9.59 Å². The zero-order chi connectivity index (χ0) is 52.0. The molecule has 0 radical (unpaired) electrons. The van der Waals surface area contributed by atoms with E-state index in [1.165, 1.54) is 16.0 Å². The van der Waals surface area contributed by atoms with Gasteiger partial charge in [0.1, 0.15) is 48.1 Å². The molecule has 4 heterocycles. The number of hydroxylamine groups is 2. The van der Waals surface area contributed by atoms with Gasteiger partial charge >= 0.3 is 23.9 Å². The second-order valence-corrected chi connectivity index (χ2v) is 21.8. The van der Waals surface area contributed by atoms with Gasteiger partial charge in [0.15, 0.2) is 11.8 Å². The van der Waals surface area contributed by atoms with E-state index in [0.29, 0.717) is 24.0 Å². The van der Waals surface area contributed by atoms with E-state index in [4.69, 9.17) is 33.3 Å². The fourth-order valence-corrected chi connectivity index (χ4v) is 10.7. The number of esters is 4. The lowest BCUT2D eigenvalue weighted by Crippen LogP contribution is -2.70. The van der Waals surface area contributed by atoms with Crippen molar-refractivity contribution in [3.8, 4) is 0 Å². The van der Waals surface area contributed by atoms with Crippen molar-refractivity contribution in [2.75, 3.05) is 20.3 Å². The molecule has 4 aliphatic heterocycles. The molecule has 2 amide bonds. The lowest BCUT2D eigenvalue weighted by Gasteiger charge is -2.50. The Bertz CT molecular complexity index is 2270. The molecule has 72 heavy (non-hydrogen) atoms. The van der Waals surface area contributed by atoms with Gasteiger partial charge in [-0.2, -0.15) is 5.06 Å². The average Bonchev–Trinajstić information content (AvgIpc) is 3.98. The molecule has 9 atom stereocenters.